The average molecular weight is 960 g/mol. The molecule has 1 fully saturated rings. The molecule has 1 aliphatic rings. The van der Waals surface area contributed by atoms with E-state index in [0.717, 1.165) is 70.1 Å². The van der Waals surface area contributed by atoms with Gasteiger partial charge in [-0.1, -0.05) is 102 Å². The van der Waals surface area contributed by atoms with Crippen LogP contribution in [0.5, 0.6) is 0 Å². The average Bonchev–Trinajstić information content (AvgIpc) is 3.85. The van der Waals surface area contributed by atoms with E-state index in [9.17, 15) is 6.63 Å². The summed E-state index contributed by atoms with van der Waals surface area (Å²) < 4.78 is 62.1. The molecule has 8 aromatic rings. The van der Waals surface area contributed by atoms with Gasteiger partial charge >= 0.3 is 0 Å². The minimum absolute atomic E-state index is 0. The van der Waals surface area contributed by atoms with Crippen molar-refractivity contribution < 1.29 is 34.1 Å². The monoisotopic (exact) mass is 960 g/mol. The molecule has 301 valence electrons. The van der Waals surface area contributed by atoms with Crippen molar-refractivity contribution in [3.05, 3.63) is 149 Å². The Kier molecular flexibility index (Phi) is 9.70. The number of nitriles is 1. The molecular formula is C53H52IrN4O-2. The molecule has 5 aromatic carbocycles. The van der Waals surface area contributed by atoms with Gasteiger partial charge in [-0.15, -0.1) is 53.6 Å². The van der Waals surface area contributed by atoms with E-state index in [1.54, 1.807) is 18.2 Å². The Labute approximate surface area is 372 Å². The van der Waals surface area contributed by atoms with Crippen LogP contribution in [0, 0.1) is 42.6 Å². The number of nitrogens with zero attached hydrogens (tertiary/aromatic N) is 4. The first kappa shape index (κ1) is 33.5. The third-order valence-corrected chi connectivity index (χ3v) is 11.5. The largest absolute Gasteiger partial charge is 0.500 e. The second kappa shape index (κ2) is 17.1. The van der Waals surface area contributed by atoms with E-state index in [1.807, 2.05) is 30.3 Å². The van der Waals surface area contributed by atoms with Crippen molar-refractivity contribution in [2.24, 2.45) is 5.41 Å². The summed E-state index contributed by atoms with van der Waals surface area (Å²) in [6.07, 6.45) is 5.19. The van der Waals surface area contributed by atoms with E-state index < -0.39 is 19.6 Å². The molecule has 3 heterocycles. The predicted octanol–water partition coefficient (Wildman–Crippen LogP) is 14.4. The molecule has 6 heteroatoms. The summed E-state index contributed by atoms with van der Waals surface area (Å²) in [7, 11) is 0. The van der Waals surface area contributed by atoms with E-state index in [1.165, 1.54) is 35.5 Å². The Bertz CT molecular complexity index is 2990. The maximum absolute atomic E-state index is 9.68. The van der Waals surface area contributed by atoms with Crippen LogP contribution in [0.4, 0.5) is 0 Å². The van der Waals surface area contributed by atoms with Crippen molar-refractivity contribution >= 4 is 33.0 Å². The van der Waals surface area contributed by atoms with Gasteiger partial charge in [-0.3, -0.25) is 4.98 Å². The van der Waals surface area contributed by atoms with Crippen molar-refractivity contribution in [1.82, 2.24) is 14.5 Å². The van der Waals surface area contributed by atoms with Crippen LogP contribution >= 0.6 is 0 Å². The Morgan fingerprint density at radius 3 is 2.25 bits per heavy atom. The third-order valence-electron chi connectivity index (χ3n) is 11.5. The van der Waals surface area contributed by atoms with Crippen LogP contribution in [0.1, 0.15) is 128 Å². The summed E-state index contributed by atoms with van der Waals surface area (Å²) in [6.45, 7) is 9.35. The molecule has 0 spiro atoms. The number of pyridine rings is 1. The molecule has 5 nitrogen and oxygen atoms in total. The molecule has 1 saturated carbocycles. The summed E-state index contributed by atoms with van der Waals surface area (Å²) in [5, 5.41) is 11.4. The number of hydrogen-bond acceptors (Lipinski definition) is 4. The first-order valence-corrected chi connectivity index (χ1v) is 20.1. The number of aromatic nitrogens is 3. The van der Waals surface area contributed by atoms with Gasteiger partial charge in [0.2, 0.25) is 0 Å². The maximum atomic E-state index is 9.68. The fourth-order valence-corrected chi connectivity index (χ4v) is 8.07. The van der Waals surface area contributed by atoms with Gasteiger partial charge in [0.15, 0.2) is 0 Å². The van der Waals surface area contributed by atoms with Crippen molar-refractivity contribution in [2.75, 3.05) is 0 Å². The number of imidazole rings is 1. The molecule has 3 aromatic heterocycles. The summed E-state index contributed by atoms with van der Waals surface area (Å²) in [6, 6.07) is 38.7. The van der Waals surface area contributed by atoms with Crippen LogP contribution < -0.4 is 0 Å². The van der Waals surface area contributed by atoms with Gasteiger partial charge in [0.05, 0.1) is 34.1 Å². The predicted molar refractivity (Wildman–Crippen MR) is 238 cm³/mol. The topological polar surface area (TPSA) is 67.6 Å². The van der Waals surface area contributed by atoms with E-state index in [0.29, 0.717) is 33.4 Å². The summed E-state index contributed by atoms with van der Waals surface area (Å²) in [4.78, 5) is 9.31. The molecule has 0 aliphatic heterocycles. The van der Waals surface area contributed by atoms with Gasteiger partial charge in [-0.25, -0.2) is 0 Å². The molecule has 0 saturated heterocycles. The SMILES string of the molecule is [2H]C([2H])([2H])c1c[c-]c(-c2ccc(C([2H])([2H])[2H])cn2)cc1.[2H]C1(c2cc(C(C)C)c(-n3c(-c4[c-]ccc5c4oc4cc(C#N)ccc45)nc4ccccc43)c(C(C)C)c2)CCC(C)(C)CC1.[Ir]. The Morgan fingerprint density at radius 1 is 0.881 bits per heavy atom. The van der Waals surface area contributed by atoms with Crippen LogP contribution in [-0.2, 0) is 20.1 Å². The van der Waals surface area contributed by atoms with Gasteiger partial charge < -0.3 is 14.0 Å². The van der Waals surface area contributed by atoms with Gasteiger partial charge in [0, 0.05) is 47.0 Å². The third kappa shape index (κ3) is 8.42. The fourth-order valence-electron chi connectivity index (χ4n) is 8.07. The fraction of sp³-hybridized carbons (Fsp3) is 0.302. The summed E-state index contributed by atoms with van der Waals surface area (Å²) >= 11 is 0. The minimum Gasteiger partial charge on any atom is -0.500 e. The van der Waals surface area contributed by atoms with Crippen LogP contribution in [-0.4, -0.2) is 14.5 Å². The van der Waals surface area contributed by atoms with E-state index >= 15 is 0 Å². The Balaban J connectivity index is 0.000000260. The van der Waals surface area contributed by atoms with Crippen molar-refractivity contribution in [3.8, 4) is 34.4 Å². The van der Waals surface area contributed by atoms with Crippen molar-refractivity contribution in [2.45, 2.75) is 98.7 Å². The summed E-state index contributed by atoms with van der Waals surface area (Å²) in [5.74, 6) is 0.644. The number of benzene rings is 5. The van der Waals surface area contributed by atoms with Crippen molar-refractivity contribution in [1.29, 1.82) is 5.26 Å². The van der Waals surface area contributed by atoms with E-state index in [-0.39, 0.29) is 43.1 Å². The van der Waals surface area contributed by atoms with Gasteiger partial charge in [0.25, 0.3) is 0 Å². The molecule has 0 amide bonds. The van der Waals surface area contributed by atoms with Crippen LogP contribution in [0.2, 0.25) is 0 Å². The second-order valence-electron chi connectivity index (χ2n) is 16.8. The van der Waals surface area contributed by atoms with Gasteiger partial charge in [-0.05, 0) is 108 Å². The van der Waals surface area contributed by atoms with Gasteiger partial charge in [0.1, 0.15) is 5.58 Å². The van der Waals surface area contributed by atoms with E-state index in [4.69, 9.17) is 17.6 Å². The van der Waals surface area contributed by atoms with Gasteiger partial charge in [-0.2, -0.15) is 5.26 Å². The quantitative estimate of drug-likeness (QED) is 0.156. The Morgan fingerprint density at radius 2 is 1.61 bits per heavy atom. The molecule has 0 N–H and O–H groups in total. The second-order valence-corrected chi connectivity index (χ2v) is 16.8. The molecule has 9 rings (SSSR count). The zero-order chi connectivity index (χ0) is 46.6. The molecule has 1 radical (unpaired) electrons. The molecule has 0 unspecified atom stereocenters. The number of fused-ring (bicyclic) bond motifs is 4. The smallest absolute Gasteiger partial charge is 0.122 e. The minimum atomic E-state index is -2.18. The van der Waals surface area contributed by atoms with Crippen LogP contribution in [0.15, 0.2) is 108 Å². The number of rotatable bonds is 6. The standard InChI is InChI=1S/C40H40N3O.C13H12N.Ir/c1-24(2)32-21-28(27-16-18-40(5,6)19-17-27)22-33(25(3)4)37(32)43-35-13-8-7-12-34(35)42-39(43)31-11-9-10-30-29-15-14-26(23-41)20-36(29)44-38(30)31;1-10-3-6-12(7-4-10)13-8-5-11(2)9-14-13;/h7-10,12-15,20-22,24-25,27H,16-19H2,1-6H3;3-6,8-9H,1-2H3;/q2*-1;/i27D;1D3,2D3;. The molecule has 0 atom stereocenters. The molecular weight excluding hydrogens is 901 g/mol. The molecule has 1 aliphatic carbocycles. The maximum Gasteiger partial charge on any atom is 0.122 e. The van der Waals surface area contributed by atoms with E-state index in [2.05, 4.69) is 99.6 Å². The normalized spacial score (nSPS) is 16.8. The number of aryl methyl sites for hydroxylation is 2. The summed E-state index contributed by atoms with van der Waals surface area (Å²) in [5.41, 5.74) is 11.3. The van der Waals surface area contributed by atoms with Crippen LogP contribution in [0.25, 0.3) is 61.3 Å². The molecule has 59 heavy (non-hydrogen) atoms. The number of furan rings is 1. The zero-order valence-electron chi connectivity index (χ0n) is 41.3. The first-order chi connectivity index (χ1) is 30.7. The Hall–Kier alpha value is -5.34. The number of para-hydroxylation sites is 2. The molecule has 0 bridgehead atoms. The van der Waals surface area contributed by atoms with Crippen LogP contribution in [0.3, 0.4) is 0 Å². The van der Waals surface area contributed by atoms with Crippen molar-refractivity contribution in [3.63, 3.8) is 0 Å². The first-order valence-electron chi connectivity index (χ1n) is 23.6. The zero-order valence-corrected chi connectivity index (χ0v) is 36.7. The number of hydrogen-bond donors (Lipinski definition) is 0.